The van der Waals surface area contributed by atoms with E-state index in [1.54, 1.807) is 4.90 Å². The van der Waals surface area contributed by atoms with Crippen LogP contribution in [0, 0.1) is 11.6 Å². The molecule has 2 unspecified atom stereocenters. The summed E-state index contributed by atoms with van der Waals surface area (Å²) in [6.07, 6.45) is 2.71. The Hall–Kier alpha value is -1.65. The average Bonchev–Trinajstić information content (AvgIpc) is 2.74. The third-order valence-electron chi connectivity index (χ3n) is 3.81. The number of hydrogen-bond acceptors (Lipinski definition) is 2. The molecule has 1 amide bonds. The number of anilines is 1. The third kappa shape index (κ3) is 2.41. The molecule has 1 aromatic rings. The number of carbonyl (C=O) groups is 1. The van der Waals surface area contributed by atoms with Crippen LogP contribution in [0.3, 0.4) is 0 Å². The first-order valence-electron chi connectivity index (χ1n) is 6.52. The quantitative estimate of drug-likeness (QED) is 0.838. The molecule has 1 fully saturated rings. The number of carbonyl (C=O) groups excluding carboxylic acids is 1. The van der Waals surface area contributed by atoms with Gasteiger partial charge in [-0.25, -0.2) is 8.78 Å². The van der Waals surface area contributed by atoms with Crippen LogP contribution in [0.5, 0.6) is 0 Å². The fourth-order valence-corrected chi connectivity index (χ4v) is 2.72. The van der Waals surface area contributed by atoms with Gasteiger partial charge in [0, 0.05) is 23.8 Å². The molecule has 2 N–H and O–H groups in total. The Labute approximate surface area is 111 Å². The lowest BCUT2D eigenvalue weighted by molar-refractivity contribution is 0.0677. The number of likely N-dealkylation sites (tertiary alicyclic amines) is 1. The Morgan fingerprint density at radius 1 is 1.37 bits per heavy atom. The zero-order valence-electron chi connectivity index (χ0n) is 11.1. The van der Waals surface area contributed by atoms with Gasteiger partial charge < -0.3 is 10.6 Å². The molecule has 0 aromatic heterocycles. The predicted molar refractivity (Wildman–Crippen MR) is 69.7 cm³/mol. The van der Waals surface area contributed by atoms with Crippen molar-refractivity contribution in [2.75, 3.05) is 5.73 Å². The van der Waals surface area contributed by atoms with Crippen LogP contribution >= 0.6 is 0 Å². The molecule has 0 bridgehead atoms. The van der Waals surface area contributed by atoms with Crippen molar-refractivity contribution in [3.8, 4) is 0 Å². The fraction of sp³-hybridized carbons (Fsp3) is 0.500. The van der Waals surface area contributed by atoms with Crippen molar-refractivity contribution in [3.05, 3.63) is 29.3 Å². The molecule has 1 aromatic carbocycles. The van der Waals surface area contributed by atoms with Crippen LogP contribution in [0.2, 0.25) is 0 Å². The monoisotopic (exact) mass is 268 g/mol. The van der Waals surface area contributed by atoms with E-state index in [2.05, 4.69) is 0 Å². The lowest BCUT2D eigenvalue weighted by Crippen LogP contribution is -2.40. The average molecular weight is 268 g/mol. The highest BCUT2D eigenvalue weighted by Crippen LogP contribution is 2.29. The topological polar surface area (TPSA) is 46.3 Å². The first-order chi connectivity index (χ1) is 8.95. The molecular weight excluding hydrogens is 250 g/mol. The molecule has 1 aliphatic rings. The molecule has 0 saturated carbocycles. The van der Waals surface area contributed by atoms with Crippen LogP contribution in [0.25, 0.3) is 0 Å². The zero-order valence-corrected chi connectivity index (χ0v) is 11.1. The molecule has 1 aliphatic heterocycles. The second-order valence-electron chi connectivity index (χ2n) is 5.05. The van der Waals surface area contributed by atoms with E-state index < -0.39 is 11.6 Å². The van der Waals surface area contributed by atoms with E-state index in [9.17, 15) is 13.6 Å². The van der Waals surface area contributed by atoms with E-state index in [0.29, 0.717) is 0 Å². The summed E-state index contributed by atoms with van der Waals surface area (Å²) in [7, 11) is 0. The Morgan fingerprint density at radius 3 is 2.63 bits per heavy atom. The van der Waals surface area contributed by atoms with Gasteiger partial charge in [0.25, 0.3) is 5.91 Å². The second-order valence-corrected chi connectivity index (χ2v) is 5.05. The fourth-order valence-electron chi connectivity index (χ4n) is 2.72. The Balaban J connectivity index is 2.36. The summed E-state index contributed by atoms with van der Waals surface area (Å²) < 4.78 is 26.3. The maximum Gasteiger partial charge on any atom is 0.256 e. The van der Waals surface area contributed by atoms with Crippen LogP contribution in [-0.2, 0) is 0 Å². The number of amides is 1. The first kappa shape index (κ1) is 13.8. The van der Waals surface area contributed by atoms with E-state index in [1.807, 2.05) is 13.8 Å². The molecule has 5 heteroatoms. The van der Waals surface area contributed by atoms with E-state index in [1.165, 1.54) is 0 Å². The summed E-state index contributed by atoms with van der Waals surface area (Å²) in [5, 5.41) is 0. The van der Waals surface area contributed by atoms with Gasteiger partial charge in [-0.1, -0.05) is 6.92 Å². The van der Waals surface area contributed by atoms with Crippen LogP contribution < -0.4 is 5.73 Å². The number of nitrogen functional groups attached to an aromatic ring is 1. The lowest BCUT2D eigenvalue weighted by atomic mass is 10.1. The highest BCUT2D eigenvalue weighted by molar-refractivity contribution is 5.99. The van der Waals surface area contributed by atoms with E-state index >= 15 is 0 Å². The highest BCUT2D eigenvalue weighted by atomic mass is 19.2. The molecule has 1 saturated heterocycles. The van der Waals surface area contributed by atoms with Crippen molar-refractivity contribution < 1.29 is 13.6 Å². The van der Waals surface area contributed by atoms with Crippen LogP contribution in [0.4, 0.5) is 14.5 Å². The van der Waals surface area contributed by atoms with Crippen molar-refractivity contribution >= 4 is 11.6 Å². The molecule has 0 radical (unpaired) electrons. The highest BCUT2D eigenvalue weighted by Gasteiger charge is 2.34. The summed E-state index contributed by atoms with van der Waals surface area (Å²) in [5.74, 6) is -2.39. The molecule has 19 heavy (non-hydrogen) atoms. The predicted octanol–water partition coefficient (Wildman–Crippen LogP) is 2.95. The second kappa shape index (κ2) is 5.15. The normalized spacial score (nSPS) is 22.8. The minimum atomic E-state index is -1.04. The lowest BCUT2D eigenvalue weighted by Gasteiger charge is -2.28. The number of halogens is 2. The molecule has 2 rings (SSSR count). The molecule has 0 aliphatic carbocycles. The van der Waals surface area contributed by atoms with Crippen LogP contribution in [0.1, 0.15) is 43.5 Å². The Bertz CT molecular complexity index is 504. The smallest absolute Gasteiger partial charge is 0.256 e. The standard InChI is InChI=1S/C14H18F2N2O/c1-3-9-5-4-8(2)18(9)14(19)10-6-11(15)12(16)7-13(10)17/h6-9H,3-5,17H2,1-2H3. The van der Waals surface area contributed by atoms with Gasteiger partial charge in [-0.05, 0) is 32.3 Å². The van der Waals surface area contributed by atoms with Crippen LogP contribution in [-0.4, -0.2) is 22.9 Å². The molecule has 3 nitrogen and oxygen atoms in total. The summed E-state index contributed by atoms with van der Waals surface area (Å²) >= 11 is 0. The first-order valence-corrected chi connectivity index (χ1v) is 6.52. The number of hydrogen-bond donors (Lipinski definition) is 1. The number of nitrogens with two attached hydrogens (primary N) is 1. The summed E-state index contributed by atoms with van der Waals surface area (Å²) in [6, 6.07) is 2.01. The summed E-state index contributed by atoms with van der Waals surface area (Å²) in [6.45, 7) is 3.97. The van der Waals surface area contributed by atoms with Crippen molar-refractivity contribution in [1.82, 2.24) is 4.90 Å². The maximum absolute atomic E-state index is 13.3. The van der Waals surface area contributed by atoms with Gasteiger partial charge in [-0.2, -0.15) is 0 Å². The van der Waals surface area contributed by atoms with Gasteiger partial charge in [-0.15, -0.1) is 0 Å². The van der Waals surface area contributed by atoms with Gasteiger partial charge in [0.1, 0.15) is 0 Å². The largest absolute Gasteiger partial charge is 0.398 e. The number of benzene rings is 1. The molecule has 1 heterocycles. The van der Waals surface area contributed by atoms with Crippen molar-refractivity contribution in [1.29, 1.82) is 0 Å². The minimum absolute atomic E-state index is 0.0159. The minimum Gasteiger partial charge on any atom is -0.398 e. The van der Waals surface area contributed by atoms with Crippen molar-refractivity contribution in [2.45, 2.75) is 45.2 Å². The van der Waals surface area contributed by atoms with E-state index in [0.717, 1.165) is 31.4 Å². The van der Waals surface area contributed by atoms with Gasteiger partial charge in [-0.3, -0.25) is 4.79 Å². The molecule has 0 spiro atoms. The van der Waals surface area contributed by atoms with E-state index in [4.69, 9.17) is 5.73 Å². The van der Waals surface area contributed by atoms with Crippen molar-refractivity contribution in [2.24, 2.45) is 0 Å². The summed E-state index contributed by atoms with van der Waals surface area (Å²) in [5.41, 5.74) is 5.67. The molecule has 104 valence electrons. The van der Waals surface area contributed by atoms with Gasteiger partial charge in [0.2, 0.25) is 0 Å². The van der Waals surface area contributed by atoms with Gasteiger partial charge in [0.15, 0.2) is 11.6 Å². The number of rotatable bonds is 2. The van der Waals surface area contributed by atoms with Crippen LogP contribution in [0.15, 0.2) is 12.1 Å². The summed E-state index contributed by atoms with van der Waals surface area (Å²) in [4.78, 5) is 14.2. The SMILES string of the molecule is CCC1CCC(C)N1C(=O)c1cc(F)c(F)cc1N. The zero-order chi connectivity index (χ0) is 14.2. The van der Waals surface area contributed by atoms with E-state index in [-0.39, 0.29) is 29.2 Å². The maximum atomic E-state index is 13.3. The van der Waals surface area contributed by atoms with Crippen molar-refractivity contribution in [3.63, 3.8) is 0 Å². The Morgan fingerprint density at radius 2 is 2.00 bits per heavy atom. The number of nitrogens with zero attached hydrogens (tertiary/aromatic N) is 1. The third-order valence-corrected chi connectivity index (χ3v) is 3.81. The van der Waals surface area contributed by atoms with Gasteiger partial charge in [0.05, 0.1) is 5.56 Å². The Kier molecular flexibility index (Phi) is 3.73. The molecular formula is C14H18F2N2O. The van der Waals surface area contributed by atoms with Gasteiger partial charge >= 0.3 is 0 Å². The molecule has 2 atom stereocenters.